The third-order valence-electron chi connectivity index (χ3n) is 3.46. The molecule has 0 fully saturated rings. The van der Waals surface area contributed by atoms with Gasteiger partial charge in [-0.05, 0) is 41.8 Å². The summed E-state index contributed by atoms with van der Waals surface area (Å²) in [6, 6.07) is 9.48. The zero-order valence-electron chi connectivity index (χ0n) is 12.9. The first-order valence-corrected chi connectivity index (χ1v) is 7.94. The third kappa shape index (κ3) is 4.54. The SMILES string of the molecule is COc1cc(CCNC(=O)[C@@H](O)c2ccc(Cl)c(Cl)c2)ccc1O. The number of hydrogen-bond donors (Lipinski definition) is 3. The third-order valence-corrected chi connectivity index (χ3v) is 4.20. The van der Waals surface area contributed by atoms with Crippen molar-refractivity contribution >= 4 is 29.1 Å². The number of carbonyl (C=O) groups is 1. The van der Waals surface area contributed by atoms with Crippen LogP contribution in [0.1, 0.15) is 17.2 Å². The first kappa shape index (κ1) is 18.4. The Balaban J connectivity index is 1.91. The summed E-state index contributed by atoms with van der Waals surface area (Å²) in [5.41, 5.74) is 1.25. The maximum absolute atomic E-state index is 12.0. The Morgan fingerprint density at radius 1 is 1.21 bits per heavy atom. The van der Waals surface area contributed by atoms with Gasteiger partial charge in [-0.1, -0.05) is 35.3 Å². The van der Waals surface area contributed by atoms with Gasteiger partial charge in [0.1, 0.15) is 0 Å². The Morgan fingerprint density at radius 3 is 2.62 bits per heavy atom. The van der Waals surface area contributed by atoms with E-state index in [4.69, 9.17) is 27.9 Å². The molecule has 0 saturated carbocycles. The van der Waals surface area contributed by atoms with E-state index in [2.05, 4.69) is 5.32 Å². The summed E-state index contributed by atoms with van der Waals surface area (Å²) >= 11 is 11.7. The highest BCUT2D eigenvalue weighted by Gasteiger charge is 2.17. The van der Waals surface area contributed by atoms with Gasteiger partial charge in [-0.15, -0.1) is 0 Å². The lowest BCUT2D eigenvalue weighted by Crippen LogP contribution is -2.31. The minimum Gasteiger partial charge on any atom is -0.504 e. The van der Waals surface area contributed by atoms with Gasteiger partial charge in [0.15, 0.2) is 17.6 Å². The first-order chi connectivity index (χ1) is 11.4. The summed E-state index contributed by atoms with van der Waals surface area (Å²) < 4.78 is 5.03. The molecule has 2 aromatic rings. The number of phenolic OH excluding ortho intramolecular Hbond substituents is 1. The van der Waals surface area contributed by atoms with Gasteiger partial charge in [0.25, 0.3) is 5.91 Å². The van der Waals surface area contributed by atoms with Crippen LogP contribution in [0.3, 0.4) is 0 Å². The van der Waals surface area contributed by atoms with E-state index in [9.17, 15) is 15.0 Å². The van der Waals surface area contributed by atoms with Crippen molar-refractivity contribution in [2.24, 2.45) is 0 Å². The average molecular weight is 370 g/mol. The van der Waals surface area contributed by atoms with Crippen LogP contribution in [-0.2, 0) is 11.2 Å². The molecule has 24 heavy (non-hydrogen) atoms. The van der Waals surface area contributed by atoms with E-state index in [0.29, 0.717) is 29.3 Å². The molecule has 0 unspecified atom stereocenters. The van der Waals surface area contributed by atoms with Crippen molar-refractivity contribution in [3.05, 3.63) is 57.6 Å². The summed E-state index contributed by atoms with van der Waals surface area (Å²) in [6.07, 6.45) is -0.801. The van der Waals surface area contributed by atoms with Crippen LogP contribution in [0.2, 0.25) is 10.0 Å². The van der Waals surface area contributed by atoms with Gasteiger partial charge in [0, 0.05) is 6.54 Å². The highest BCUT2D eigenvalue weighted by atomic mass is 35.5. The number of phenols is 1. The average Bonchev–Trinajstić information content (AvgIpc) is 2.58. The van der Waals surface area contributed by atoms with Crippen LogP contribution in [0.5, 0.6) is 11.5 Å². The number of rotatable bonds is 6. The molecule has 7 heteroatoms. The van der Waals surface area contributed by atoms with Crippen molar-refractivity contribution in [2.75, 3.05) is 13.7 Å². The summed E-state index contributed by atoms with van der Waals surface area (Å²) in [7, 11) is 1.47. The first-order valence-electron chi connectivity index (χ1n) is 7.19. The topological polar surface area (TPSA) is 78.8 Å². The van der Waals surface area contributed by atoms with Crippen molar-refractivity contribution in [2.45, 2.75) is 12.5 Å². The number of aromatic hydroxyl groups is 1. The van der Waals surface area contributed by atoms with E-state index in [0.717, 1.165) is 5.56 Å². The van der Waals surface area contributed by atoms with Gasteiger partial charge in [0.05, 0.1) is 17.2 Å². The molecule has 5 nitrogen and oxygen atoms in total. The van der Waals surface area contributed by atoms with Gasteiger partial charge in [-0.25, -0.2) is 0 Å². The van der Waals surface area contributed by atoms with E-state index in [1.54, 1.807) is 18.2 Å². The maximum atomic E-state index is 12.0. The summed E-state index contributed by atoms with van der Waals surface area (Å²) in [5.74, 6) is -0.103. The second kappa shape index (κ2) is 8.24. The highest BCUT2D eigenvalue weighted by Crippen LogP contribution is 2.27. The zero-order chi connectivity index (χ0) is 17.7. The molecular formula is C17H17Cl2NO4. The number of ether oxygens (including phenoxy) is 1. The number of halogens is 2. The molecule has 2 rings (SSSR count). The molecule has 0 radical (unpaired) electrons. The number of benzene rings is 2. The molecule has 0 aliphatic heterocycles. The smallest absolute Gasteiger partial charge is 0.253 e. The van der Waals surface area contributed by atoms with Gasteiger partial charge in [-0.3, -0.25) is 4.79 Å². The van der Waals surface area contributed by atoms with Crippen LogP contribution in [-0.4, -0.2) is 29.8 Å². The van der Waals surface area contributed by atoms with E-state index < -0.39 is 12.0 Å². The van der Waals surface area contributed by atoms with Gasteiger partial charge in [0.2, 0.25) is 0 Å². The van der Waals surface area contributed by atoms with Gasteiger partial charge in [-0.2, -0.15) is 0 Å². The van der Waals surface area contributed by atoms with E-state index in [1.807, 2.05) is 0 Å². The van der Waals surface area contributed by atoms with E-state index in [1.165, 1.54) is 25.3 Å². The standard InChI is InChI=1S/C17H17Cl2NO4/c1-24-15-8-10(2-5-14(15)21)6-7-20-17(23)16(22)11-3-4-12(18)13(19)9-11/h2-5,8-9,16,21-22H,6-7H2,1H3,(H,20,23)/t16-/m0/s1. The quantitative estimate of drug-likeness (QED) is 0.730. The van der Waals surface area contributed by atoms with Crippen LogP contribution in [0, 0.1) is 0 Å². The van der Waals surface area contributed by atoms with E-state index in [-0.39, 0.29) is 10.8 Å². The molecule has 0 aromatic heterocycles. The fourth-order valence-corrected chi connectivity index (χ4v) is 2.44. The zero-order valence-corrected chi connectivity index (χ0v) is 14.4. The Bertz CT molecular complexity index is 737. The van der Waals surface area contributed by atoms with E-state index >= 15 is 0 Å². The fourth-order valence-electron chi connectivity index (χ4n) is 2.14. The minimum atomic E-state index is -1.32. The molecule has 0 bridgehead atoms. The van der Waals surface area contributed by atoms with Crippen molar-refractivity contribution in [1.29, 1.82) is 0 Å². The Hall–Kier alpha value is -1.95. The molecule has 0 spiro atoms. The molecule has 0 heterocycles. The lowest BCUT2D eigenvalue weighted by Gasteiger charge is -2.13. The van der Waals surface area contributed by atoms with Crippen LogP contribution in [0.25, 0.3) is 0 Å². The predicted molar refractivity (Wildman–Crippen MR) is 92.8 cm³/mol. The number of carbonyl (C=O) groups excluding carboxylic acids is 1. The van der Waals surface area contributed by atoms with Crippen LogP contribution < -0.4 is 10.1 Å². The molecule has 3 N–H and O–H groups in total. The fraction of sp³-hybridized carbons (Fsp3) is 0.235. The Kier molecular flexibility index (Phi) is 6.31. The molecule has 128 valence electrons. The van der Waals surface area contributed by atoms with Gasteiger partial charge >= 0.3 is 0 Å². The molecule has 0 aliphatic rings. The number of amides is 1. The Morgan fingerprint density at radius 2 is 1.96 bits per heavy atom. The summed E-state index contributed by atoms with van der Waals surface area (Å²) in [4.78, 5) is 12.0. The molecular weight excluding hydrogens is 353 g/mol. The molecule has 1 atom stereocenters. The molecule has 1 amide bonds. The van der Waals surface area contributed by atoms with Crippen LogP contribution in [0.15, 0.2) is 36.4 Å². The number of hydrogen-bond acceptors (Lipinski definition) is 4. The van der Waals surface area contributed by atoms with Crippen LogP contribution in [0.4, 0.5) is 0 Å². The maximum Gasteiger partial charge on any atom is 0.253 e. The van der Waals surface area contributed by atoms with Crippen molar-refractivity contribution in [3.8, 4) is 11.5 Å². The number of aliphatic hydroxyl groups excluding tert-OH is 1. The largest absolute Gasteiger partial charge is 0.504 e. The summed E-state index contributed by atoms with van der Waals surface area (Å²) in [5, 5.41) is 22.9. The lowest BCUT2D eigenvalue weighted by molar-refractivity contribution is -0.129. The molecule has 0 saturated heterocycles. The van der Waals surface area contributed by atoms with Crippen molar-refractivity contribution in [1.82, 2.24) is 5.32 Å². The van der Waals surface area contributed by atoms with Crippen molar-refractivity contribution in [3.63, 3.8) is 0 Å². The normalized spacial score (nSPS) is 11.8. The number of aliphatic hydroxyl groups is 1. The predicted octanol–water partition coefficient (Wildman–Crippen LogP) is 3.10. The lowest BCUT2D eigenvalue weighted by atomic mass is 10.1. The Labute approximate surface area is 149 Å². The van der Waals surface area contributed by atoms with Gasteiger partial charge < -0.3 is 20.3 Å². The van der Waals surface area contributed by atoms with Crippen LogP contribution >= 0.6 is 23.2 Å². The number of methoxy groups -OCH3 is 1. The molecule has 2 aromatic carbocycles. The summed E-state index contributed by atoms with van der Waals surface area (Å²) in [6.45, 7) is 0.325. The van der Waals surface area contributed by atoms with Crippen molar-refractivity contribution < 1.29 is 19.7 Å². The second-order valence-electron chi connectivity index (χ2n) is 5.12. The minimum absolute atomic E-state index is 0.0559. The monoisotopic (exact) mass is 369 g/mol. The second-order valence-corrected chi connectivity index (χ2v) is 5.94. The number of nitrogens with one attached hydrogen (secondary N) is 1. The highest BCUT2D eigenvalue weighted by molar-refractivity contribution is 6.42. The molecule has 0 aliphatic carbocycles.